The molecule has 4 aliphatic rings. The topological polar surface area (TPSA) is 148 Å². The summed E-state index contributed by atoms with van der Waals surface area (Å²) in [7, 11) is 0. The molecule has 3 saturated carbocycles. The Balaban J connectivity index is 1.70. The highest BCUT2D eigenvalue weighted by atomic mass is 17.1. The maximum Gasteiger partial charge on any atom is 0.159 e. The van der Waals surface area contributed by atoms with Crippen LogP contribution in [0.3, 0.4) is 0 Å². The van der Waals surface area contributed by atoms with Gasteiger partial charge in [-0.3, -0.25) is 10.1 Å². The second-order valence-electron chi connectivity index (χ2n) is 13.2. The number of fused-ring (bicyclic) bond motifs is 5. The van der Waals surface area contributed by atoms with Crippen molar-refractivity contribution in [2.24, 2.45) is 28.6 Å². The first-order valence-electron chi connectivity index (χ1n) is 13.1. The van der Waals surface area contributed by atoms with Gasteiger partial charge in [-0.15, -0.1) is 0 Å². The van der Waals surface area contributed by atoms with Crippen LogP contribution in [0.25, 0.3) is 0 Å². The van der Waals surface area contributed by atoms with E-state index < -0.39 is 57.8 Å². The Hall–Kier alpha value is -0.870. The first-order chi connectivity index (χ1) is 16.0. The van der Waals surface area contributed by atoms with E-state index in [1.807, 2.05) is 13.8 Å². The van der Waals surface area contributed by atoms with E-state index in [2.05, 4.69) is 0 Å². The van der Waals surface area contributed by atoms with Crippen molar-refractivity contribution in [1.29, 1.82) is 0 Å². The predicted molar refractivity (Wildman–Crippen MR) is 128 cm³/mol. The number of aliphatic hydroxyl groups is 5. The highest BCUT2D eigenvalue weighted by molar-refractivity contribution is 5.95. The van der Waals surface area contributed by atoms with Crippen molar-refractivity contribution in [3.8, 4) is 0 Å². The summed E-state index contributed by atoms with van der Waals surface area (Å²) >= 11 is 0. The molecule has 0 heterocycles. The van der Waals surface area contributed by atoms with Crippen molar-refractivity contribution in [3.05, 3.63) is 11.6 Å². The van der Waals surface area contributed by atoms with E-state index in [1.165, 1.54) is 0 Å². The average Bonchev–Trinajstić information content (AvgIpc) is 3.07. The Kier molecular flexibility index (Phi) is 6.66. The van der Waals surface area contributed by atoms with E-state index in [0.29, 0.717) is 44.1 Å². The summed E-state index contributed by atoms with van der Waals surface area (Å²) in [6.45, 7) is 8.91. The second kappa shape index (κ2) is 8.58. The van der Waals surface area contributed by atoms with Crippen molar-refractivity contribution in [2.45, 2.75) is 121 Å². The van der Waals surface area contributed by atoms with Crippen LogP contribution in [0.5, 0.6) is 0 Å². The Bertz CT molecular complexity index is 877. The quantitative estimate of drug-likeness (QED) is 0.243. The molecule has 0 radical (unpaired) electrons. The van der Waals surface area contributed by atoms with E-state index in [9.17, 15) is 35.6 Å². The Morgan fingerprint density at radius 3 is 2.34 bits per heavy atom. The molecule has 0 bridgehead atoms. The van der Waals surface area contributed by atoms with E-state index in [4.69, 9.17) is 4.89 Å². The summed E-state index contributed by atoms with van der Waals surface area (Å²) < 4.78 is 0. The van der Waals surface area contributed by atoms with Crippen LogP contribution in [-0.2, 0) is 9.68 Å². The largest absolute Gasteiger partial charge is 0.390 e. The standard InChI is InChI=1S/C27H44O8/c1-23(2,32)9-8-22(31)26(5,33)21-7-11-27(35-34)16-12-18(28)17-13-19(29)20(30)14-24(17,3)15(16)6-10-25(21,27)4/h12,15,17,19-22,29-34H,6-11,13-14H2,1-5H3/t15-,17-,19+,20-,21-,22+,24+,25+,26+,27+/m0/s1. The molecule has 8 nitrogen and oxygen atoms in total. The normalized spacial score (nSPS) is 46.2. The number of hydrogen-bond acceptors (Lipinski definition) is 8. The molecular weight excluding hydrogens is 452 g/mol. The highest BCUT2D eigenvalue weighted by Crippen LogP contribution is 2.69. The van der Waals surface area contributed by atoms with Gasteiger partial charge in [-0.1, -0.05) is 13.8 Å². The minimum Gasteiger partial charge on any atom is -0.390 e. The van der Waals surface area contributed by atoms with Gasteiger partial charge in [-0.2, -0.15) is 0 Å². The molecule has 0 saturated heterocycles. The van der Waals surface area contributed by atoms with Gasteiger partial charge in [0.1, 0.15) is 5.60 Å². The van der Waals surface area contributed by atoms with Crippen LogP contribution in [0.15, 0.2) is 11.6 Å². The van der Waals surface area contributed by atoms with Gasteiger partial charge in [-0.05, 0) is 101 Å². The summed E-state index contributed by atoms with van der Waals surface area (Å²) in [5, 5.41) is 63.9. The van der Waals surface area contributed by atoms with E-state index in [0.717, 1.165) is 0 Å². The summed E-state index contributed by atoms with van der Waals surface area (Å²) in [5.41, 5.74) is -4.26. The smallest absolute Gasteiger partial charge is 0.159 e. The maximum atomic E-state index is 13.3. The van der Waals surface area contributed by atoms with Crippen molar-refractivity contribution in [3.63, 3.8) is 0 Å². The fraction of sp³-hybridized carbons (Fsp3) is 0.889. The first-order valence-corrected chi connectivity index (χ1v) is 13.1. The number of carbonyl (C=O) groups excluding carboxylic acids is 1. The minimum absolute atomic E-state index is 0.114. The van der Waals surface area contributed by atoms with Gasteiger partial charge in [-0.25, -0.2) is 4.89 Å². The minimum atomic E-state index is -1.50. The van der Waals surface area contributed by atoms with Crippen molar-refractivity contribution in [1.82, 2.24) is 0 Å². The van der Waals surface area contributed by atoms with Crippen LogP contribution in [0.4, 0.5) is 0 Å². The lowest BCUT2D eigenvalue weighted by molar-refractivity contribution is -0.349. The van der Waals surface area contributed by atoms with Crippen molar-refractivity contribution >= 4 is 5.78 Å². The number of aliphatic hydroxyl groups excluding tert-OH is 3. The number of rotatable bonds is 6. The molecule has 3 fully saturated rings. The predicted octanol–water partition coefficient (Wildman–Crippen LogP) is 2.35. The van der Waals surface area contributed by atoms with Crippen LogP contribution in [0, 0.1) is 28.6 Å². The van der Waals surface area contributed by atoms with E-state index >= 15 is 0 Å². The monoisotopic (exact) mass is 496 g/mol. The first kappa shape index (κ1) is 27.2. The van der Waals surface area contributed by atoms with Crippen LogP contribution in [-0.4, -0.2) is 71.7 Å². The molecule has 35 heavy (non-hydrogen) atoms. The molecule has 6 N–H and O–H groups in total. The molecule has 4 aliphatic carbocycles. The van der Waals surface area contributed by atoms with Crippen LogP contribution in [0.2, 0.25) is 0 Å². The molecule has 0 aromatic carbocycles. The fourth-order valence-electron chi connectivity index (χ4n) is 8.50. The number of ketones is 1. The van der Waals surface area contributed by atoms with Gasteiger partial charge < -0.3 is 25.5 Å². The lowest BCUT2D eigenvalue weighted by Crippen LogP contribution is -2.63. The van der Waals surface area contributed by atoms with Crippen LogP contribution in [0.1, 0.15) is 86.0 Å². The third kappa shape index (κ3) is 3.95. The lowest BCUT2D eigenvalue weighted by atomic mass is 9.45. The number of hydrogen-bond donors (Lipinski definition) is 6. The molecular formula is C27H44O8. The third-order valence-corrected chi connectivity index (χ3v) is 10.6. The Morgan fingerprint density at radius 2 is 1.74 bits per heavy atom. The zero-order chi connectivity index (χ0) is 26.2. The van der Waals surface area contributed by atoms with Gasteiger partial charge in [0.2, 0.25) is 0 Å². The molecule has 0 spiro atoms. The van der Waals surface area contributed by atoms with Crippen LogP contribution < -0.4 is 0 Å². The molecule has 0 aromatic heterocycles. The zero-order valence-electron chi connectivity index (χ0n) is 21.7. The van der Waals surface area contributed by atoms with E-state index in [-0.39, 0.29) is 24.5 Å². The molecule has 8 heteroatoms. The van der Waals surface area contributed by atoms with Gasteiger partial charge in [0.25, 0.3) is 0 Å². The van der Waals surface area contributed by atoms with E-state index in [1.54, 1.807) is 26.8 Å². The summed E-state index contributed by atoms with van der Waals surface area (Å²) in [4.78, 5) is 18.7. The number of carbonyl (C=O) groups is 1. The van der Waals surface area contributed by atoms with Crippen molar-refractivity contribution < 1.29 is 40.5 Å². The second-order valence-corrected chi connectivity index (χ2v) is 13.2. The van der Waals surface area contributed by atoms with Crippen molar-refractivity contribution in [2.75, 3.05) is 0 Å². The molecule has 0 amide bonds. The maximum absolute atomic E-state index is 13.3. The zero-order valence-corrected chi connectivity index (χ0v) is 21.7. The van der Waals surface area contributed by atoms with Gasteiger partial charge in [0.15, 0.2) is 5.78 Å². The fourth-order valence-corrected chi connectivity index (χ4v) is 8.50. The summed E-state index contributed by atoms with van der Waals surface area (Å²) in [6, 6.07) is 0. The molecule has 200 valence electrons. The lowest BCUT2D eigenvalue weighted by Gasteiger charge is -2.61. The van der Waals surface area contributed by atoms with Gasteiger partial charge >= 0.3 is 0 Å². The average molecular weight is 497 g/mol. The third-order valence-electron chi connectivity index (χ3n) is 10.6. The summed E-state index contributed by atoms with van der Waals surface area (Å²) in [6.07, 6.45) is 1.89. The molecule has 0 aliphatic heterocycles. The molecule has 10 atom stereocenters. The van der Waals surface area contributed by atoms with Gasteiger partial charge in [0, 0.05) is 11.3 Å². The van der Waals surface area contributed by atoms with Gasteiger partial charge in [0.05, 0.1) is 29.5 Å². The highest BCUT2D eigenvalue weighted by Gasteiger charge is 2.70. The molecule has 0 aromatic rings. The molecule has 4 rings (SSSR count). The number of allylic oxidation sites excluding steroid dienone is 1. The molecule has 0 unspecified atom stereocenters. The summed E-state index contributed by atoms with van der Waals surface area (Å²) in [5.74, 6) is -1.05. The Labute approximate surface area is 207 Å². The Morgan fingerprint density at radius 1 is 1.09 bits per heavy atom. The van der Waals surface area contributed by atoms with Crippen LogP contribution >= 0.6 is 0 Å². The SMILES string of the molecule is CC(C)(O)CC[C@@H](O)[C@](C)(O)[C@H]1CC[C@@]2(OO)C3=CC(=O)[C@@H]4C[C@@H](O)[C@@H](O)C[C@]4(C)[C@H]3CC[C@]12C.